The van der Waals surface area contributed by atoms with Gasteiger partial charge in [0.2, 0.25) is 0 Å². The Hall–Kier alpha value is -2.33. The Bertz CT molecular complexity index is 611. The van der Waals surface area contributed by atoms with Gasteiger partial charge >= 0.3 is 0 Å². The fourth-order valence-electron chi connectivity index (χ4n) is 2.43. The maximum atomic E-state index is 12.4. The van der Waals surface area contributed by atoms with Crippen molar-refractivity contribution in [2.45, 2.75) is 19.4 Å². The van der Waals surface area contributed by atoms with Gasteiger partial charge in [0.15, 0.2) is 0 Å². The van der Waals surface area contributed by atoms with E-state index in [0.717, 1.165) is 17.8 Å². The standard InChI is InChI=1S/C19H24N2O2/c1-3-21(2)17-11-9-16(10-12-17)19(23)20-18(13-14-22)15-7-5-4-6-8-15/h4-12,18,22H,3,13-14H2,1-2H3,(H,20,23). The first kappa shape index (κ1) is 17.0. The maximum Gasteiger partial charge on any atom is 0.251 e. The quantitative estimate of drug-likeness (QED) is 0.826. The van der Waals surface area contributed by atoms with Crippen molar-refractivity contribution in [2.24, 2.45) is 0 Å². The Morgan fingerprint density at radius 3 is 2.35 bits per heavy atom. The van der Waals surface area contributed by atoms with Crippen LogP contribution in [0.4, 0.5) is 5.69 Å². The van der Waals surface area contributed by atoms with Gasteiger partial charge in [0.1, 0.15) is 0 Å². The van der Waals surface area contributed by atoms with Gasteiger partial charge in [-0.15, -0.1) is 0 Å². The number of benzene rings is 2. The van der Waals surface area contributed by atoms with Gasteiger partial charge in [-0.3, -0.25) is 4.79 Å². The monoisotopic (exact) mass is 312 g/mol. The highest BCUT2D eigenvalue weighted by Gasteiger charge is 2.15. The van der Waals surface area contributed by atoms with Crippen LogP contribution in [0.15, 0.2) is 54.6 Å². The predicted molar refractivity (Wildman–Crippen MR) is 93.7 cm³/mol. The summed E-state index contributed by atoms with van der Waals surface area (Å²) in [4.78, 5) is 14.6. The van der Waals surface area contributed by atoms with Crippen LogP contribution in [0, 0.1) is 0 Å². The van der Waals surface area contributed by atoms with E-state index in [0.29, 0.717) is 12.0 Å². The van der Waals surface area contributed by atoms with Crippen LogP contribution in [0.1, 0.15) is 35.3 Å². The summed E-state index contributed by atoms with van der Waals surface area (Å²) in [5.74, 6) is -0.127. The van der Waals surface area contributed by atoms with E-state index < -0.39 is 0 Å². The smallest absolute Gasteiger partial charge is 0.251 e. The number of carbonyl (C=O) groups excluding carboxylic acids is 1. The predicted octanol–water partition coefficient (Wildman–Crippen LogP) is 3.00. The Kier molecular flexibility index (Phi) is 6.18. The third-order valence-corrected chi connectivity index (χ3v) is 3.97. The molecule has 0 aliphatic heterocycles. The van der Waals surface area contributed by atoms with Crippen LogP contribution in [-0.2, 0) is 0 Å². The van der Waals surface area contributed by atoms with E-state index >= 15 is 0 Å². The molecule has 0 aliphatic rings. The molecule has 0 saturated carbocycles. The third kappa shape index (κ3) is 4.57. The molecule has 0 radical (unpaired) electrons. The second kappa shape index (κ2) is 8.34. The van der Waals surface area contributed by atoms with Crippen molar-refractivity contribution in [3.63, 3.8) is 0 Å². The Labute approximate surface area is 137 Å². The van der Waals surface area contributed by atoms with E-state index in [2.05, 4.69) is 17.1 Å². The molecule has 4 heteroatoms. The Morgan fingerprint density at radius 2 is 1.78 bits per heavy atom. The number of hydrogen-bond acceptors (Lipinski definition) is 3. The minimum absolute atomic E-state index is 0.0279. The molecule has 23 heavy (non-hydrogen) atoms. The molecular formula is C19H24N2O2. The van der Waals surface area contributed by atoms with Crippen molar-refractivity contribution in [3.05, 3.63) is 65.7 Å². The van der Waals surface area contributed by atoms with Crippen LogP contribution in [0.2, 0.25) is 0 Å². The molecule has 2 aromatic rings. The number of nitrogens with one attached hydrogen (secondary N) is 1. The lowest BCUT2D eigenvalue weighted by Crippen LogP contribution is -2.29. The molecular weight excluding hydrogens is 288 g/mol. The summed E-state index contributed by atoms with van der Waals surface area (Å²) in [6, 6.07) is 17.1. The van der Waals surface area contributed by atoms with Crippen LogP contribution in [0.5, 0.6) is 0 Å². The molecule has 2 aromatic carbocycles. The highest BCUT2D eigenvalue weighted by Crippen LogP contribution is 2.18. The van der Waals surface area contributed by atoms with Gasteiger partial charge in [-0.1, -0.05) is 30.3 Å². The number of aliphatic hydroxyl groups excluding tert-OH is 1. The molecule has 0 saturated heterocycles. The van der Waals surface area contributed by atoms with E-state index in [1.807, 2.05) is 61.6 Å². The van der Waals surface area contributed by atoms with E-state index in [1.54, 1.807) is 0 Å². The fourth-order valence-corrected chi connectivity index (χ4v) is 2.43. The first-order chi connectivity index (χ1) is 11.2. The summed E-state index contributed by atoms with van der Waals surface area (Å²) in [5.41, 5.74) is 2.70. The van der Waals surface area contributed by atoms with Gasteiger partial charge in [-0.05, 0) is 43.2 Å². The molecule has 0 bridgehead atoms. The van der Waals surface area contributed by atoms with Crippen LogP contribution in [0.25, 0.3) is 0 Å². The van der Waals surface area contributed by atoms with Gasteiger partial charge in [-0.2, -0.15) is 0 Å². The molecule has 0 aliphatic carbocycles. The lowest BCUT2D eigenvalue weighted by molar-refractivity contribution is 0.0930. The molecule has 2 N–H and O–H groups in total. The minimum Gasteiger partial charge on any atom is -0.396 e. The summed E-state index contributed by atoms with van der Waals surface area (Å²) in [6.45, 7) is 3.03. The van der Waals surface area contributed by atoms with Crippen molar-refractivity contribution < 1.29 is 9.90 Å². The Morgan fingerprint density at radius 1 is 1.13 bits per heavy atom. The van der Waals surface area contributed by atoms with Crippen LogP contribution in [0.3, 0.4) is 0 Å². The first-order valence-electron chi connectivity index (χ1n) is 7.93. The summed E-state index contributed by atoms with van der Waals surface area (Å²) in [6.07, 6.45) is 0.492. The van der Waals surface area contributed by atoms with Gasteiger partial charge in [0, 0.05) is 31.5 Å². The molecule has 4 nitrogen and oxygen atoms in total. The van der Waals surface area contributed by atoms with Gasteiger partial charge in [-0.25, -0.2) is 0 Å². The fraction of sp³-hybridized carbons (Fsp3) is 0.316. The lowest BCUT2D eigenvalue weighted by Gasteiger charge is -2.19. The number of hydrogen-bond donors (Lipinski definition) is 2. The molecule has 122 valence electrons. The highest BCUT2D eigenvalue weighted by atomic mass is 16.3. The summed E-state index contributed by atoms with van der Waals surface area (Å²) < 4.78 is 0. The van der Waals surface area contributed by atoms with Crippen LogP contribution < -0.4 is 10.2 Å². The average Bonchev–Trinajstić information content (AvgIpc) is 2.61. The van der Waals surface area contributed by atoms with Gasteiger partial charge in [0.05, 0.1) is 6.04 Å². The number of rotatable bonds is 7. The first-order valence-corrected chi connectivity index (χ1v) is 7.93. The average molecular weight is 312 g/mol. The largest absolute Gasteiger partial charge is 0.396 e. The summed E-state index contributed by atoms with van der Waals surface area (Å²) in [5, 5.41) is 12.2. The van der Waals surface area contributed by atoms with E-state index in [9.17, 15) is 9.90 Å². The zero-order valence-corrected chi connectivity index (χ0v) is 13.7. The number of nitrogens with zero attached hydrogens (tertiary/aromatic N) is 1. The highest BCUT2D eigenvalue weighted by molar-refractivity contribution is 5.94. The van der Waals surface area contributed by atoms with E-state index in [4.69, 9.17) is 0 Å². The third-order valence-electron chi connectivity index (χ3n) is 3.97. The molecule has 0 aromatic heterocycles. The second-order valence-electron chi connectivity index (χ2n) is 5.51. The number of amides is 1. The van der Waals surface area contributed by atoms with E-state index in [-0.39, 0.29) is 18.6 Å². The number of anilines is 1. The number of aliphatic hydroxyl groups is 1. The van der Waals surface area contributed by atoms with Crippen LogP contribution >= 0.6 is 0 Å². The van der Waals surface area contributed by atoms with Crippen molar-refractivity contribution >= 4 is 11.6 Å². The maximum absolute atomic E-state index is 12.4. The van der Waals surface area contributed by atoms with Gasteiger partial charge < -0.3 is 15.3 Å². The van der Waals surface area contributed by atoms with Crippen molar-refractivity contribution in [3.8, 4) is 0 Å². The van der Waals surface area contributed by atoms with Crippen molar-refractivity contribution in [1.82, 2.24) is 5.32 Å². The van der Waals surface area contributed by atoms with Gasteiger partial charge in [0.25, 0.3) is 5.91 Å². The van der Waals surface area contributed by atoms with E-state index in [1.165, 1.54) is 0 Å². The lowest BCUT2D eigenvalue weighted by atomic mass is 10.0. The molecule has 1 unspecified atom stereocenters. The normalized spacial score (nSPS) is 11.8. The zero-order valence-electron chi connectivity index (χ0n) is 13.7. The Balaban J connectivity index is 2.09. The van der Waals surface area contributed by atoms with Crippen LogP contribution in [-0.4, -0.2) is 31.2 Å². The minimum atomic E-state index is -0.188. The molecule has 0 spiro atoms. The molecule has 0 heterocycles. The topological polar surface area (TPSA) is 52.6 Å². The molecule has 2 rings (SSSR count). The SMILES string of the molecule is CCN(C)c1ccc(C(=O)NC(CCO)c2ccccc2)cc1. The zero-order chi connectivity index (χ0) is 16.7. The molecule has 1 atom stereocenters. The summed E-state index contributed by atoms with van der Waals surface area (Å²) in [7, 11) is 2.02. The van der Waals surface area contributed by atoms with Crippen molar-refractivity contribution in [2.75, 3.05) is 25.1 Å². The number of carbonyl (C=O) groups is 1. The molecule has 1 amide bonds. The molecule has 0 fully saturated rings. The second-order valence-corrected chi connectivity index (χ2v) is 5.51. The summed E-state index contributed by atoms with van der Waals surface area (Å²) >= 11 is 0. The van der Waals surface area contributed by atoms with Crippen molar-refractivity contribution in [1.29, 1.82) is 0 Å².